The lowest BCUT2D eigenvalue weighted by molar-refractivity contribution is -0.152. The summed E-state index contributed by atoms with van der Waals surface area (Å²) in [4.78, 5) is 21.1. The molecule has 4 heteroatoms. The molecule has 1 aliphatic rings. The van der Waals surface area contributed by atoms with Gasteiger partial charge in [-0.15, -0.1) is 0 Å². The molecule has 0 unspecified atom stereocenters. The number of carboxylic acids is 2. The Balaban J connectivity index is 2.79. The molecule has 1 rings (SSSR count). The molecular formula is C8H10O4. The number of hydrogen-bond acceptors (Lipinski definition) is 2. The first kappa shape index (κ1) is 8.77. The van der Waals surface area contributed by atoms with E-state index in [-0.39, 0.29) is 0 Å². The first-order chi connectivity index (χ1) is 5.52. The number of rotatable bonds is 2. The highest BCUT2D eigenvalue weighted by molar-refractivity contribution is 5.81. The number of carbonyl (C=O) groups is 2. The summed E-state index contributed by atoms with van der Waals surface area (Å²) in [5.74, 6) is -3.65. The van der Waals surface area contributed by atoms with Gasteiger partial charge in [-0.05, 0) is 12.8 Å². The first-order valence-corrected chi connectivity index (χ1v) is 3.64. The van der Waals surface area contributed by atoms with Crippen LogP contribution in [0.5, 0.6) is 0 Å². The number of carboxylic acid groups (broad SMARTS) is 2. The second kappa shape index (κ2) is 2.97. The lowest BCUT2D eigenvalue weighted by Crippen LogP contribution is -2.24. The van der Waals surface area contributed by atoms with Gasteiger partial charge < -0.3 is 10.2 Å². The van der Waals surface area contributed by atoms with Gasteiger partial charge in [0.05, 0.1) is 11.8 Å². The molecule has 66 valence electrons. The lowest BCUT2D eigenvalue weighted by atomic mass is 9.97. The van der Waals surface area contributed by atoms with E-state index in [1.165, 1.54) is 0 Å². The maximum absolute atomic E-state index is 10.6. The van der Waals surface area contributed by atoms with E-state index < -0.39 is 23.8 Å². The quantitative estimate of drug-likeness (QED) is 0.599. The third-order valence-electron chi connectivity index (χ3n) is 2.14. The molecule has 1 saturated carbocycles. The fraction of sp³-hybridized carbons (Fsp3) is 0.500. The molecule has 0 heterocycles. The molecule has 0 saturated heterocycles. The van der Waals surface area contributed by atoms with Crippen molar-refractivity contribution in [3.63, 3.8) is 0 Å². The van der Waals surface area contributed by atoms with Gasteiger partial charge in [-0.1, -0.05) is 12.2 Å². The van der Waals surface area contributed by atoms with Crippen LogP contribution in [0.2, 0.25) is 0 Å². The Bertz CT molecular complexity index is 219. The van der Waals surface area contributed by atoms with Crippen molar-refractivity contribution in [3.8, 4) is 0 Å². The van der Waals surface area contributed by atoms with Crippen molar-refractivity contribution in [1.29, 1.82) is 0 Å². The summed E-state index contributed by atoms with van der Waals surface area (Å²) in [5, 5.41) is 17.3. The fourth-order valence-electron chi connectivity index (χ4n) is 1.51. The molecule has 0 aliphatic heterocycles. The molecule has 0 radical (unpaired) electrons. The van der Waals surface area contributed by atoms with Crippen LogP contribution in [0.3, 0.4) is 0 Å². The lowest BCUT2D eigenvalue weighted by Gasteiger charge is -2.08. The molecule has 0 spiro atoms. The zero-order valence-corrected chi connectivity index (χ0v) is 6.49. The van der Waals surface area contributed by atoms with Crippen LogP contribution < -0.4 is 0 Å². The first-order valence-electron chi connectivity index (χ1n) is 3.64. The fourth-order valence-corrected chi connectivity index (χ4v) is 1.51. The summed E-state index contributed by atoms with van der Waals surface area (Å²) in [5.41, 5.74) is 0.717. The molecule has 1 aliphatic carbocycles. The predicted octanol–water partition coefficient (Wildman–Crippen LogP) is 0.738. The summed E-state index contributed by atoms with van der Waals surface area (Å²) in [6.07, 6.45) is 0.596. The van der Waals surface area contributed by atoms with Gasteiger partial charge >= 0.3 is 11.9 Å². The van der Waals surface area contributed by atoms with Gasteiger partial charge in [0.2, 0.25) is 0 Å². The zero-order valence-electron chi connectivity index (χ0n) is 6.49. The highest BCUT2D eigenvalue weighted by atomic mass is 16.4. The third-order valence-corrected chi connectivity index (χ3v) is 2.14. The van der Waals surface area contributed by atoms with Crippen LogP contribution in [0.1, 0.15) is 12.8 Å². The second-order valence-corrected chi connectivity index (χ2v) is 3.05. The van der Waals surface area contributed by atoms with Crippen LogP contribution in [0.15, 0.2) is 12.2 Å². The van der Waals surface area contributed by atoms with Gasteiger partial charge in [0.15, 0.2) is 0 Å². The molecule has 0 bridgehead atoms. The largest absolute Gasteiger partial charge is 0.481 e. The normalized spacial score (nSPS) is 28.8. The summed E-state index contributed by atoms with van der Waals surface area (Å²) >= 11 is 0. The Kier molecular flexibility index (Phi) is 2.17. The van der Waals surface area contributed by atoms with Crippen molar-refractivity contribution < 1.29 is 19.8 Å². The Morgan fingerprint density at radius 1 is 1.17 bits per heavy atom. The van der Waals surface area contributed by atoms with Crippen molar-refractivity contribution >= 4 is 11.9 Å². The van der Waals surface area contributed by atoms with Gasteiger partial charge in [0.25, 0.3) is 0 Å². The molecule has 4 nitrogen and oxygen atoms in total. The van der Waals surface area contributed by atoms with Crippen molar-refractivity contribution in [2.45, 2.75) is 12.8 Å². The minimum absolute atomic E-state index is 0.298. The van der Waals surface area contributed by atoms with Crippen LogP contribution in [0.4, 0.5) is 0 Å². The van der Waals surface area contributed by atoms with Crippen LogP contribution >= 0.6 is 0 Å². The molecule has 2 atom stereocenters. The van der Waals surface area contributed by atoms with Crippen molar-refractivity contribution in [2.75, 3.05) is 0 Å². The van der Waals surface area contributed by atoms with Gasteiger partial charge in [0, 0.05) is 0 Å². The van der Waals surface area contributed by atoms with Crippen molar-refractivity contribution in [3.05, 3.63) is 12.2 Å². The highest BCUT2D eigenvalue weighted by Gasteiger charge is 2.39. The topological polar surface area (TPSA) is 74.6 Å². The Labute approximate surface area is 69.5 Å². The number of hydrogen-bond donors (Lipinski definition) is 2. The zero-order chi connectivity index (χ0) is 9.30. The van der Waals surface area contributed by atoms with Crippen LogP contribution in [-0.4, -0.2) is 22.2 Å². The van der Waals surface area contributed by atoms with E-state index in [2.05, 4.69) is 6.58 Å². The van der Waals surface area contributed by atoms with Gasteiger partial charge in [0.1, 0.15) is 0 Å². The molecule has 0 aromatic heterocycles. The summed E-state index contributed by atoms with van der Waals surface area (Å²) in [6, 6.07) is 0. The third kappa shape index (κ3) is 1.47. The highest BCUT2D eigenvalue weighted by Crippen LogP contribution is 2.35. The number of aliphatic carboxylic acids is 2. The Morgan fingerprint density at radius 3 is 1.75 bits per heavy atom. The summed E-state index contributed by atoms with van der Waals surface area (Å²) < 4.78 is 0. The predicted molar refractivity (Wildman–Crippen MR) is 40.6 cm³/mol. The smallest absolute Gasteiger partial charge is 0.307 e. The molecule has 1 fully saturated rings. The van der Waals surface area contributed by atoms with E-state index in [1.54, 1.807) is 0 Å². The Hall–Kier alpha value is -1.32. The summed E-state index contributed by atoms with van der Waals surface area (Å²) in [6.45, 7) is 3.59. The van der Waals surface area contributed by atoms with E-state index in [0.717, 1.165) is 5.57 Å². The van der Waals surface area contributed by atoms with Gasteiger partial charge in [-0.3, -0.25) is 9.59 Å². The SMILES string of the molecule is C=C1C[C@@H](C(=O)O)[C@H](C(=O)O)C1. The molecule has 12 heavy (non-hydrogen) atoms. The number of allylic oxidation sites excluding steroid dienone is 1. The van der Waals surface area contributed by atoms with Crippen LogP contribution in [0.25, 0.3) is 0 Å². The van der Waals surface area contributed by atoms with E-state index in [9.17, 15) is 9.59 Å². The van der Waals surface area contributed by atoms with Crippen LogP contribution in [0, 0.1) is 11.8 Å². The van der Waals surface area contributed by atoms with Crippen LogP contribution in [-0.2, 0) is 9.59 Å². The minimum atomic E-state index is -1.04. The summed E-state index contributed by atoms with van der Waals surface area (Å²) in [7, 11) is 0. The maximum atomic E-state index is 10.6. The van der Waals surface area contributed by atoms with E-state index >= 15 is 0 Å². The molecular weight excluding hydrogens is 160 g/mol. The van der Waals surface area contributed by atoms with Gasteiger partial charge in [-0.2, -0.15) is 0 Å². The molecule has 0 aromatic carbocycles. The molecule has 0 amide bonds. The average molecular weight is 170 g/mol. The van der Waals surface area contributed by atoms with E-state index in [1.807, 2.05) is 0 Å². The van der Waals surface area contributed by atoms with E-state index in [0.29, 0.717) is 12.8 Å². The van der Waals surface area contributed by atoms with Crippen molar-refractivity contribution in [1.82, 2.24) is 0 Å². The van der Waals surface area contributed by atoms with Crippen molar-refractivity contribution in [2.24, 2.45) is 11.8 Å². The van der Waals surface area contributed by atoms with E-state index in [4.69, 9.17) is 10.2 Å². The second-order valence-electron chi connectivity index (χ2n) is 3.05. The maximum Gasteiger partial charge on any atom is 0.307 e. The molecule has 0 aromatic rings. The minimum Gasteiger partial charge on any atom is -0.481 e. The monoisotopic (exact) mass is 170 g/mol. The average Bonchev–Trinajstić information content (AvgIpc) is 2.31. The standard InChI is InChI=1S/C8H10O4/c1-4-2-5(7(9)10)6(3-4)8(11)12/h5-6H,1-3H2,(H,9,10)(H,11,12)/t5-,6-/m1/s1. The molecule has 2 N–H and O–H groups in total. The van der Waals surface area contributed by atoms with Gasteiger partial charge in [-0.25, -0.2) is 0 Å². The Morgan fingerprint density at radius 2 is 1.50 bits per heavy atom.